The van der Waals surface area contributed by atoms with E-state index in [1.165, 1.54) is 0 Å². The lowest BCUT2D eigenvalue weighted by molar-refractivity contribution is 0.158. The van der Waals surface area contributed by atoms with Crippen LogP contribution in [0.1, 0.15) is 23.8 Å². The number of aliphatic hydroxyl groups excluding tert-OH is 1. The fourth-order valence-corrected chi connectivity index (χ4v) is 2.28. The van der Waals surface area contributed by atoms with Gasteiger partial charge in [-0.25, -0.2) is 0 Å². The molecular formula is C15H20N2O3. The summed E-state index contributed by atoms with van der Waals surface area (Å²) in [4.78, 5) is 0. The molecule has 0 aliphatic carbocycles. The van der Waals surface area contributed by atoms with Crippen molar-refractivity contribution in [2.45, 2.75) is 18.9 Å². The van der Waals surface area contributed by atoms with Gasteiger partial charge in [-0.3, -0.25) is 4.68 Å². The Morgan fingerprint density at radius 3 is 2.35 bits per heavy atom. The number of hydrogen-bond donors (Lipinski definition) is 1. The largest absolute Gasteiger partial charge is 0.496 e. The Balaban J connectivity index is 2.16. The van der Waals surface area contributed by atoms with Crippen LogP contribution in [0, 0.1) is 0 Å². The molecule has 0 aliphatic heterocycles. The smallest absolute Gasteiger partial charge is 0.128 e. The lowest BCUT2D eigenvalue weighted by Gasteiger charge is -2.18. The Morgan fingerprint density at radius 1 is 1.20 bits per heavy atom. The second kappa shape index (κ2) is 6.43. The Labute approximate surface area is 118 Å². The standard InChI is InChI=1S/C15H20N2O3/c1-17-11(9-10-16-17)7-8-12(18)15-13(19-2)5-4-6-14(15)20-3/h4-6,9-10,12,18H,7-8H2,1-3H3. The lowest BCUT2D eigenvalue weighted by Crippen LogP contribution is -2.06. The highest BCUT2D eigenvalue weighted by Crippen LogP contribution is 2.35. The van der Waals surface area contributed by atoms with Crippen molar-refractivity contribution >= 4 is 0 Å². The predicted molar refractivity (Wildman–Crippen MR) is 76.0 cm³/mol. The second-order valence-electron chi connectivity index (χ2n) is 4.58. The molecule has 5 heteroatoms. The van der Waals surface area contributed by atoms with Crippen molar-refractivity contribution in [1.29, 1.82) is 0 Å². The minimum atomic E-state index is -0.643. The van der Waals surface area contributed by atoms with Crippen LogP contribution < -0.4 is 9.47 Å². The van der Waals surface area contributed by atoms with E-state index in [-0.39, 0.29) is 0 Å². The molecule has 2 rings (SSSR count). The highest BCUT2D eigenvalue weighted by Gasteiger charge is 2.19. The van der Waals surface area contributed by atoms with Gasteiger partial charge < -0.3 is 14.6 Å². The summed E-state index contributed by atoms with van der Waals surface area (Å²) in [6.07, 6.45) is 2.43. The van der Waals surface area contributed by atoms with Crippen molar-refractivity contribution in [3.8, 4) is 11.5 Å². The SMILES string of the molecule is COc1cccc(OC)c1C(O)CCc1ccnn1C. The van der Waals surface area contributed by atoms with Crippen molar-refractivity contribution in [3.63, 3.8) is 0 Å². The summed E-state index contributed by atoms with van der Waals surface area (Å²) in [5.41, 5.74) is 1.78. The molecule has 108 valence electrons. The normalized spacial score (nSPS) is 12.2. The number of hydrogen-bond acceptors (Lipinski definition) is 4. The topological polar surface area (TPSA) is 56.5 Å². The van der Waals surface area contributed by atoms with Gasteiger partial charge in [0.1, 0.15) is 11.5 Å². The van der Waals surface area contributed by atoms with E-state index in [2.05, 4.69) is 5.10 Å². The number of benzene rings is 1. The summed E-state index contributed by atoms with van der Waals surface area (Å²) >= 11 is 0. The van der Waals surface area contributed by atoms with E-state index < -0.39 is 6.10 Å². The number of ether oxygens (including phenoxy) is 2. The van der Waals surface area contributed by atoms with Crippen LogP contribution in [0.4, 0.5) is 0 Å². The van der Waals surface area contributed by atoms with Crippen LogP contribution in [0.2, 0.25) is 0 Å². The van der Waals surface area contributed by atoms with Gasteiger partial charge in [-0.15, -0.1) is 0 Å². The summed E-state index contributed by atoms with van der Waals surface area (Å²) < 4.78 is 12.4. The summed E-state index contributed by atoms with van der Waals surface area (Å²) in [6, 6.07) is 7.44. The molecule has 1 N–H and O–H groups in total. The minimum absolute atomic E-state index is 0.580. The first-order valence-electron chi connectivity index (χ1n) is 6.53. The van der Waals surface area contributed by atoms with Crippen LogP contribution in [-0.2, 0) is 13.5 Å². The average Bonchev–Trinajstić information content (AvgIpc) is 2.89. The van der Waals surface area contributed by atoms with Crippen molar-refractivity contribution in [2.24, 2.45) is 7.05 Å². The number of aliphatic hydroxyl groups is 1. The molecule has 0 saturated heterocycles. The molecule has 1 unspecified atom stereocenters. The van der Waals surface area contributed by atoms with Gasteiger partial charge in [0.25, 0.3) is 0 Å². The molecule has 1 atom stereocenters. The zero-order chi connectivity index (χ0) is 14.5. The molecule has 0 bridgehead atoms. The fraction of sp³-hybridized carbons (Fsp3) is 0.400. The summed E-state index contributed by atoms with van der Waals surface area (Å²) in [6.45, 7) is 0. The number of nitrogens with zero attached hydrogens (tertiary/aromatic N) is 2. The molecule has 1 heterocycles. The maximum atomic E-state index is 10.4. The van der Waals surface area contributed by atoms with Crippen LogP contribution in [0.3, 0.4) is 0 Å². The number of rotatable bonds is 6. The number of aryl methyl sites for hydroxylation is 2. The minimum Gasteiger partial charge on any atom is -0.496 e. The van der Waals surface area contributed by atoms with E-state index in [4.69, 9.17) is 9.47 Å². The van der Waals surface area contributed by atoms with E-state index in [0.717, 1.165) is 12.1 Å². The van der Waals surface area contributed by atoms with Gasteiger partial charge in [0.2, 0.25) is 0 Å². The fourth-order valence-electron chi connectivity index (χ4n) is 2.28. The Bertz CT molecular complexity index is 544. The molecule has 2 aromatic rings. The molecular weight excluding hydrogens is 256 g/mol. The van der Waals surface area contributed by atoms with Gasteiger partial charge >= 0.3 is 0 Å². The van der Waals surface area contributed by atoms with Gasteiger partial charge in [0.05, 0.1) is 25.9 Å². The van der Waals surface area contributed by atoms with E-state index in [9.17, 15) is 5.11 Å². The second-order valence-corrected chi connectivity index (χ2v) is 4.58. The summed E-state index contributed by atoms with van der Waals surface area (Å²) in [5, 5.41) is 14.6. The van der Waals surface area contributed by atoms with E-state index >= 15 is 0 Å². The molecule has 0 amide bonds. The Hall–Kier alpha value is -2.01. The number of methoxy groups -OCH3 is 2. The molecule has 1 aromatic carbocycles. The maximum Gasteiger partial charge on any atom is 0.128 e. The highest BCUT2D eigenvalue weighted by atomic mass is 16.5. The van der Waals surface area contributed by atoms with Crippen molar-refractivity contribution in [3.05, 3.63) is 41.7 Å². The van der Waals surface area contributed by atoms with Crippen LogP contribution in [-0.4, -0.2) is 29.1 Å². The third-order valence-electron chi connectivity index (χ3n) is 3.40. The lowest BCUT2D eigenvalue weighted by atomic mass is 10.0. The summed E-state index contributed by atoms with van der Waals surface area (Å²) in [7, 11) is 5.07. The molecule has 0 radical (unpaired) electrons. The van der Waals surface area contributed by atoms with Gasteiger partial charge in [0.15, 0.2) is 0 Å². The molecule has 0 fully saturated rings. The zero-order valence-electron chi connectivity index (χ0n) is 12.0. The Kier molecular flexibility index (Phi) is 4.63. The van der Waals surface area contributed by atoms with Gasteiger partial charge in [-0.1, -0.05) is 6.07 Å². The first-order chi connectivity index (χ1) is 9.67. The van der Waals surface area contributed by atoms with Crippen molar-refractivity contribution in [1.82, 2.24) is 9.78 Å². The van der Waals surface area contributed by atoms with Gasteiger partial charge in [-0.05, 0) is 31.0 Å². The van der Waals surface area contributed by atoms with Crippen LogP contribution in [0.5, 0.6) is 11.5 Å². The van der Waals surface area contributed by atoms with Crippen molar-refractivity contribution in [2.75, 3.05) is 14.2 Å². The molecule has 0 saturated carbocycles. The molecule has 0 aliphatic rings. The molecule has 20 heavy (non-hydrogen) atoms. The van der Waals surface area contributed by atoms with Crippen LogP contribution >= 0.6 is 0 Å². The van der Waals surface area contributed by atoms with Crippen LogP contribution in [0.25, 0.3) is 0 Å². The van der Waals surface area contributed by atoms with E-state index in [1.54, 1.807) is 20.4 Å². The third kappa shape index (κ3) is 2.93. The van der Waals surface area contributed by atoms with Crippen LogP contribution in [0.15, 0.2) is 30.5 Å². The first kappa shape index (κ1) is 14.4. The molecule has 0 spiro atoms. The average molecular weight is 276 g/mol. The van der Waals surface area contributed by atoms with Crippen molar-refractivity contribution < 1.29 is 14.6 Å². The van der Waals surface area contributed by atoms with E-state index in [1.807, 2.05) is 36.0 Å². The summed E-state index contributed by atoms with van der Waals surface area (Å²) in [5.74, 6) is 1.28. The first-order valence-corrected chi connectivity index (χ1v) is 6.53. The van der Waals surface area contributed by atoms with Gasteiger partial charge in [0, 0.05) is 18.9 Å². The third-order valence-corrected chi connectivity index (χ3v) is 3.40. The van der Waals surface area contributed by atoms with E-state index in [0.29, 0.717) is 23.5 Å². The maximum absolute atomic E-state index is 10.4. The number of aromatic nitrogens is 2. The van der Waals surface area contributed by atoms with Gasteiger partial charge in [-0.2, -0.15) is 5.10 Å². The monoisotopic (exact) mass is 276 g/mol. The predicted octanol–water partition coefficient (Wildman–Crippen LogP) is 2.10. The highest BCUT2D eigenvalue weighted by molar-refractivity contribution is 5.46. The quantitative estimate of drug-likeness (QED) is 0.878. The molecule has 5 nitrogen and oxygen atoms in total. The zero-order valence-corrected chi connectivity index (χ0v) is 12.0. The molecule has 1 aromatic heterocycles. The Morgan fingerprint density at radius 2 is 1.85 bits per heavy atom.